The van der Waals surface area contributed by atoms with E-state index in [4.69, 9.17) is 0 Å². The van der Waals surface area contributed by atoms with Crippen LogP contribution in [0.15, 0.2) is 24.3 Å². The van der Waals surface area contributed by atoms with Gasteiger partial charge in [0.1, 0.15) is 12.8 Å². The number of rotatable bonds is 0. The summed E-state index contributed by atoms with van der Waals surface area (Å²) in [5.41, 5.74) is 0.430. The average molecular weight is 248 g/mol. The average Bonchev–Trinajstić information content (AvgIpc) is 2.36. The molecule has 0 unspecified atom stereocenters. The van der Waals surface area contributed by atoms with Gasteiger partial charge in [-0.25, -0.2) is 19.4 Å². The molecule has 0 saturated carbocycles. The SMILES string of the molecule is O=C1CC(=O)c2cccc(c2)C(=O)CC(=O)OO1. The first-order chi connectivity index (χ1) is 8.56. The van der Waals surface area contributed by atoms with Gasteiger partial charge < -0.3 is 0 Å². The maximum Gasteiger partial charge on any atom is 0.363 e. The highest BCUT2D eigenvalue weighted by molar-refractivity contribution is 6.10. The Hall–Kier alpha value is -2.50. The van der Waals surface area contributed by atoms with E-state index in [2.05, 4.69) is 9.78 Å². The molecule has 6 heteroatoms. The third-order valence-electron chi connectivity index (χ3n) is 2.34. The Labute approximate surface area is 101 Å². The van der Waals surface area contributed by atoms with Gasteiger partial charge in [0.15, 0.2) is 11.6 Å². The minimum absolute atomic E-state index is 0.215. The van der Waals surface area contributed by atoms with Gasteiger partial charge in [-0.05, 0) is 6.07 Å². The predicted octanol–water partition coefficient (Wildman–Crippen LogP) is 0.847. The van der Waals surface area contributed by atoms with Gasteiger partial charge in [-0.1, -0.05) is 18.2 Å². The molecule has 2 bridgehead atoms. The molecule has 2 rings (SSSR count). The second kappa shape index (κ2) is 4.79. The lowest BCUT2D eigenvalue weighted by Crippen LogP contribution is -2.15. The maximum atomic E-state index is 11.7. The highest BCUT2D eigenvalue weighted by Crippen LogP contribution is 2.12. The second-order valence-corrected chi connectivity index (χ2v) is 3.69. The van der Waals surface area contributed by atoms with E-state index in [0.29, 0.717) is 0 Å². The molecule has 1 aromatic rings. The number of benzene rings is 1. The Morgan fingerprint density at radius 1 is 0.778 bits per heavy atom. The van der Waals surface area contributed by atoms with Crippen molar-refractivity contribution in [2.75, 3.05) is 0 Å². The van der Waals surface area contributed by atoms with Gasteiger partial charge in [-0.2, -0.15) is 0 Å². The van der Waals surface area contributed by atoms with Crippen LogP contribution < -0.4 is 0 Å². The van der Waals surface area contributed by atoms with Crippen molar-refractivity contribution < 1.29 is 29.0 Å². The van der Waals surface area contributed by atoms with Crippen molar-refractivity contribution in [1.29, 1.82) is 0 Å². The minimum Gasteiger partial charge on any atom is -0.294 e. The molecule has 92 valence electrons. The van der Waals surface area contributed by atoms with Gasteiger partial charge in [0.25, 0.3) is 0 Å². The normalized spacial score (nSPS) is 16.7. The first-order valence-electron chi connectivity index (χ1n) is 5.13. The zero-order valence-electron chi connectivity index (χ0n) is 9.17. The van der Waals surface area contributed by atoms with Crippen LogP contribution in [0.4, 0.5) is 0 Å². The van der Waals surface area contributed by atoms with Crippen LogP contribution in [-0.4, -0.2) is 23.5 Å². The van der Waals surface area contributed by atoms with Crippen molar-refractivity contribution in [3.8, 4) is 0 Å². The fourth-order valence-electron chi connectivity index (χ4n) is 1.48. The zero-order chi connectivity index (χ0) is 13.1. The highest BCUT2D eigenvalue weighted by atomic mass is 17.2. The molecular formula is C12H8O6. The lowest BCUT2D eigenvalue weighted by atomic mass is 10.0. The van der Waals surface area contributed by atoms with Crippen molar-refractivity contribution in [2.45, 2.75) is 12.8 Å². The molecule has 1 aliphatic heterocycles. The Balaban J connectivity index is 2.39. The van der Waals surface area contributed by atoms with Gasteiger partial charge >= 0.3 is 11.9 Å². The van der Waals surface area contributed by atoms with Crippen LogP contribution in [-0.2, 0) is 19.4 Å². The molecule has 0 amide bonds. The number of fused-ring (bicyclic) bond motifs is 2. The fourth-order valence-corrected chi connectivity index (χ4v) is 1.48. The van der Waals surface area contributed by atoms with Crippen LogP contribution in [0.2, 0.25) is 0 Å². The summed E-state index contributed by atoms with van der Waals surface area (Å²) in [5, 5.41) is 0. The number of hydrogen-bond acceptors (Lipinski definition) is 6. The van der Waals surface area contributed by atoms with Crippen LogP contribution in [0.3, 0.4) is 0 Å². The summed E-state index contributed by atoms with van der Waals surface area (Å²) in [5.74, 6) is -2.97. The van der Waals surface area contributed by atoms with E-state index in [-0.39, 0.29) is 11.1 Å². The van der Waals surface area contributed by atoms with Gasteiger partial charge in [-0.15, -0.1) is 0 Å². The van der Waals surface area contributed by atoms with Crippen molar-refractivity contribution in [3.05, 3.63) is 35.4 Å². The molecule has 0 atom stereocenters. The number of hydrogen-bond donors (Lipinski definition) is 0. The number of Topliss-reactive ketones (excluding diaryl/α,β-unsaturated/α-hetero) is 2. The Morgan fingerprint density at radius 3 is 1.67 bits per heavy atom. The standard InChI is InChI=1S/C12H8O6/c13-9-5-11(15)17-18-12(16)6-10(14)8-3-1-2-7(9)4-8/h1-4H,5-6H2. The molecule has 0 radical (unpaired) electrons. The molecule has 0 spiro atoms. The Kier molecular flexibility index (Phi) is 3.18. The summed E-state index contributed by atoms with van der Waals surface area (Å²) in [6.45, 7) is 0. The molecule has 1 heterocycles. The minimum atomic E-state index is -0.979. The second-order valence-electron chi connectivity index (χ2n) is 3.69. The van der Waals surface area contributed by atoms with Crippen molar-refractivity contribution in [3.63, 3.8) is 0 Å². The third-order valence-corrected chi connectivity index (χ3v) is 2.34. The van der Waals surface area contributed by atoms with E-state index >= 15 is 0 Å². The maximum absolute atomic E-state index is 11.7. The first-order valence-corrected chi connectivity index (χ1v) is 5.13. The molecule has 0 saturated heterocycles. The van der Waals surface area contributed by atoms with E-state index < -0.39 is 36.3 Å². The van der Waals surface area contributed by atoms with Crippen molar-refractivity contribution in [2.24, 2.45) is 0 Å². The topological polar surface area (TPSA) is 86.7 Å². The molecule has 0 aromatic heterocycles. The largest absolute Gasteiger partial charge is 0.363 e. The molecule has 0 aliphatic carbocycles. The van der Waals surface area contributed by atoms with E-state index in [1.165, 1.54) is 24.3 Å². The Morgan fingerprint density at radius 2 is 1.22 bits per heavy atom. The van der Waals surface area contributed by atoms with Crippen LogP contribution in [0.25, 0.3) is 0 Å². The molecule has 1 aromatic carbocycles. The molecule has 1 aliphatic rings. The quantitative estimate of drug-likeness (QED) is 0.499. The van der Waals surface area contributed by atoms with Crippen LogP contribution >= 0.6 is 0 Å². The number of carbonyl (C=O) groups excluding carboxylic acids is 4. The summed E-state index contributed by atoms with van der Waals surface area (Å²) in [6, 6.07) is 5.81. The summed E-state index contributed by atoms with van der Waals surface area (Å²) in [6.07, 6.45) is -1.10. The summed E-state index contributed by atoms with van der Waals surface area (Å²) in [4.78, 5) is 53.8. The zero-order valence-corrected chi connectivity index (χ0v) is 9.17. The molecule has 0 N–H and O–H groups in total. The lowest BCUT2D eigenvalue weighted by Gasteiger charge is -2.00. The van der Waals surface area contributed by atoms with Crippen molar-refractivity contribution >= 4 is 23.5 Å². The number of carbonyl (C=O) groups is 4. The highest BCUT2D eigenvalue weighted by Gasteiger charge is 2.21. The lowest BCUT2D eigenvalue weighted by molar-refractivity contribution is -0.257. The van der Waals surface area contributed by atoms with Crippen molar-refractivity contribution in [1.82, 2.24) is 0 Å². The number of ketones is 2. The summed E-state index contributed by atoms with van der Waals surface area (Å²) >= 11 is 0. The molecular weight excluding hydrogens is 240 g/mol. The van der Waals surface area contributed by atoms with E-state index in [0.717, 1.165) is 0 Å². The molecule has 18 heavy (non-hydrogen) atoms. The summed E-state index contributed by atoms with van der Waals surface area (Å²) in [7, 11) is 0. The van der Waals surface area contributed by atoms with Crippen LogP contribution in [0.5, 0.6) is 0 Å². The van der Waals surface area contributed by atoms with Crippen LogP contribution in [0, 0.1) is 0 Å². The van der Waals surface area contributed by atoms with Gasteiger partial charge in [0.2, 0.25) is 0 Å². The molecule has 6 nitrogen and oxygen atoms in total. The first kappa shape index (κ1) is 12.0. The van der Waals surface area contributed by atoms with Gasteiger partial charge in [0.05, 0.1) is 0 Å². The van der Waals surface area contributed by atoms with E-state index in [9.17, 15) is 19.2 Å². The Bertz CT molecular complexity index is 500. The van der Waals surface area contributed by atoms with Crippen LogP contribution in [0.1, 0.15) is 33.6 Å². The third kappa shape index (κ3) is 2.60. The predicted molar refractivity (Wildman–Crippen MR) is 56.5 cm³/mol. The fraction of sp³-hybridized carbons (Fsp3) is 0.167. The smallest absolute Gasteiger partial charge is 0.294 e. The van der Waals surface area contributed by atoms with Gasteiger partial charge in [0, 0.05) is 11.1 Å². The summed E-state index contributed by atoms with van der Waals surface area (Å²) < 4.78 is 0. The van der Waals surface area contributed by atoms with E-state index in [1.807, 2.05) is 0 Å². The monoisotopic (exact) mass is 248 g/mol. The van der Waals surface area contributed by atoms with Gasteiger partial charge in [-0.3, -0.25) is 9.59 Å². The van der Waals surface area contributed by atoms with E-state index in [1.54, 1.807) is 0 Å². The molecule has 0 fully saturated rings.